The quantitative estimate of drug-likeness (QED) is 0.916. The SMILES string of the molecule is Cc1cc(Cn2cc(CCCO)c(C(F)(F)F)n2)no1. The average Bonchev–Trinajstić information content (AvgIpc) is 2.93. The van der Waals surface area contributed by atoms with Crippen LogP contribution in [0.2, 0.25) is 0 Å². The number of aliphatic hydroxyl groups is 1. The van der Waals surface area contributed by atoms with E-state index in [0.29, 0.717) is 11.5 Å². The summed E-state index contributed by atoms with van der Waals surface area (Å²) in [5.41, 5.74) is -0.328. The zero-order chi connectivity index (χ0) is 14.8. The van der Waals surface area contributed by atoms with Gasteiger partial charge in [-0.25, -0.2) is 0 Å². The smallest absolute Gasteiger partial charge is 0.396 e. The molecule has 2 aromatic heterocycles. The van der Waals surface area contributed by atoms with Crippen molar-refractivity contribution in [1.29, 1.82) is 0 Å². The van der Waals surface area contributed by atoms with Gasteiger partial charge in [0.2, 0.25) is 0 Å². The Morgan fingerprint density at radius 3 is 2.70 bits per heavy atom. The number of nitrogens with zero attached hydrogens (tertiary/aromatic N) is 3. The fourth-order valence-corrected chi connectivity index (χ4v) is 1.89. The van der Waals surface area contributed by atoms with Crippen LogP contribution in [0.25, 0.3) is 0 Å². The van der Waals surface area contributed by atoms with E-state index in [1.54, 1.807) is 13.0 Å². The average molecular weight is 289 g/mol. The number of aromatic nitrogens is 3. The van der Waals surface area contributed by atoms with Crippen molar-refractivity contribution in [2.45, 2.75) is 32.5 Å². The number of rotatable bonds is 5. The Balaban J connectivity index is 2.23. The maximum Gasteiger partial charge on any atom is 0.435 e. The highest BCUT2D eigenvalue weighted by Crippen LogP contribution is 2.31. The van der Waals surface area contributed by atoms with E-state index in [2.05, 4.69) is 10.3 Å². The van der Waals surface area contributed by atoms with Crippen LogP contribution in [0.5, 0.6) is 0 Å². The first-order valence-corrected chi connectivity index (χ1v) is 6.06. The lowest BCUT2D eigenvalue weighted by molar-refractivity contribution is -0.142. The van der Waals surface area contributed by atoms with Crippen LogP contribution in [0.4, 0.5) is 13.2 Å². The van der Waals surface area contributed by atoms with Crippen LogP contribution >= 0.6 is 0 Å². The van der Waals surface area contributed by atoms with Crippen LogP contribution in [-0.4, -0.2) is 26.7 Å². The third-order valence-corrected chi connectivity index (χ3v) is 2.71. The van der Waals surface area contributed by atoms with Gasteiger partial charge in [0.05, 0.1) is 6.54 Å². The molecular formula is C12H14F3N3O2. The topological polar surface area (TPSA) is 64.1 Å². The molecule has 0 atom stereocenters. The number of aryl methyl sites for hydroxylation is 2. The van der Waals surface area contributed by atoms with Crippen molar-refractivity contribution in [2.75, 3.05) is 6.61 Å². The zero-order valence-electron chi connectivity index (χ0n) is 10.8. The summed E-state index contributed by atoms with van der Waals surface area (Å²) in [5, 5.41) is 16.0. The normalized spacial score (nSPS) is 12.1. The predicted molar refractivity (Wildman–Crippen MR) is 63.0 cm³/mol. The standard InChI is InChI=1S/C12H14F3N3O2/c1-8-5-10(17-20-8)7-18-6-9(3-2-4-19)11(16-18)12(13,14)15/h5-6,19H,2-4,7H2,1H3. The number of alkyl halides is 3. The van der Waals surface area contributed by atoms with Crippen LogP contribution in [0, 0.1) is 6.92 Å². The molecule has 0 radical (unpaired) electrons. The molecule has 110 valence electrons. The predicted octanol–water partition coefficient (Wildman–Crippen LogP) is 2.17. The minimum absolute atomic E-state index is 0.0757. The highest BCUT2D eigenvalue weighted by molar-refractivity contribution is 5.21. The first-order chi connectivity index (χ1) is 9.40. The molecule has 20 heavy (non-hydrogen) atoms. The third-order valence-electron chi connectivity index (χ3n) is 2.71. The van der Waals surface area contributed by atoms with E-state index in [0.717, 1.165) is 0 Å². The lowest BCUT2D eigenvalue weighted by atomic mass is 10.1. The first-order valence-electron chi connectivity index (χ1n) is 6.06. The van der Waals surface area contributed by atoms with Gasteiger partial charge in [-0.3, -0.25) is 4.68 Å². The molecule has 0 amide bonds. The summed E-state index contributed by atoms with van der Waals surface area (Å²) >= 11 is 0. The van der Waals surface area contributed by atoms with Gasteiger partial charge < -0.3 is 9.63 Å². The van der Waals surface area contributed by atoms with Gasteiger partial charge in [-0.05, 0) is 19.8 Å². The van der Waals surface area contributed by atoms with Crippen LogP contribution < -0.4 is 0 Å². The Labute approximate surface area is 113 Å². The van der Waals surface area contributed by atoms with Crippen LogP contribution in [-0.2, 0) is 19.1 Å². The van der Waals surface area contributed by atoms with Crippen molar-refractivity contribution in [3.8, 4) is 0 Å². The maximum absolute atomic E-state index is 12.9. The Hall–Kier alpha value is -1.83. The molecule has 0 bridgehead atoms. The van der Waals surface area contributed by atoms with Gasteiger partial charge in [-0.2, -0.15) is 18.3 Å². The second kappa shape index (κ2) is 5.66. The van der Waals surface area contributed by atoms with Gasteiger partial charge in [-0.1, -0.05) is 5.16 Å². The van der Waals surface area contributed by atoms with E-state index < -0.39 is 11.9 Å². The van der Waals surface area contributed by atoms with E-state index in [4.69, 9.17) is 9.63 Å². The molecule has 1 N–H and O–H groups in total. The summed E-state index contributed by atoms with van der Waals surface area (Å²) in [6, 6.07) is 1.64. The lowest BCUT2D eigenvalue weighted by Gasteiger charge is -2.04. The number of hydrogen-bond donors (Lipinski definition) is 1. The second-order valence-corrected chi connectivity index (χ2v) is 4.45. The molecular weight excluding hydrogens is 275 g/mol. The summed E-state index contributed by atoms with van der Waals surface area (Å²) in [7, 11) is 0. The molecule has 0 aliphatic heterocycles. The van der Waals surface area contributed by atoms with Crippen molar-refractivity contribution in [3.05, 3.63) is 35.0 Å². The van der Waals surface area contributed by atoms with Crippen molar-refractivity contribution in [3.63, 3.8) is 0 Å². The van der Waals surface area contributed by atoms with E-state index in [9.17, 15) is 13.2 Å². The van der Waals surface area contributed by atoms with Crippen molar-refractivity contribution < 1.29 is 22.8 Å². The molecule has 0 spiro atoms. The molecule has 0 aliphatic carbocycles. The van der Waals surface area contributed by atoms with Gasteiger partial charge in [-0.15, -0.1) is 0 Å². The molecule has 0 aromatic carbocycles. The van der Waals surface area contributed by atoms with Gasteiger partial charge in [0.1, 0.15) is 11.5 Å². The maximum atomic E-state index is 12.9. The molecule has 2 rings (SSSR count). The van der Waals surface area contributed by atoms with Gasteiger partial charge >= 0.3 is 6.18 Å². The Kier molecular flexibility index (Phi) is 4.12. The second-order valence-electron chi connectivity index (χ2n) is 4.45. The Morgan fingerprint density at radius 2 is 2.15 bits per heavy atom. The van der Waals surface area contributed by atoms with Crippen LogP contribution in [0.1, 0.15) is 29.1 Å². The zero-order valence-corrected chi connectivity index (χ0v) is 10.8. The molecule has 0 aliphatic rings. The molecule has 0 unspecified atom stereocenters. The highest BCUT2D eigenvalue weighted by Gasteiger charge is 2.36. The number of hydrogen-bond acceptors (Lipinski definition) is 4. The first kappa shape index (κ1) is 14.6. The van der Waals surface area contributed by atoms with Crippen molar-refractivity contribution >= 4 is 0 Å². The molecule has 8 heteroatoms. The van der Waals surface area contributed by atoms with Gasteiger partial charge in [0.25, 0.3) is 0 Å². The minimum atomic E-state index is -4.50. The summed E-state index contributed by atoms with van der Waals surface area (Å²) in [6.07, 6.45) is -2.78. The number of aliphatic hydroxyl groups excluding tert-OH is 1. The largest absolute Gasteiger partial charge is 0.435 e. The molecule has 5 nitrogen and oxygen atoms in total. The minimum Gasteiger partial charge on any atom is -0.396 e. The fourth-order valence-electron chi connectivity index (χ4n) is 1.89. The monoisotopic (exact) mass is 289 g/mol. The fraction of sp³-hybridized carbons (Fsp3) is 0.500. The Morgan fingerprint density at radius 1 is 1.40 bits per heavy atom. The summed E-state index contributed by atoms with van der Waals surface area (Å²) in [4.78, 5) is 0. The van der Waals surface area contributed by atoms with Gasteiger partial charge in [0.15, 0.2) is 5.69 Å². The summed E-state index contributed by atoms with van der Waals surface area (Å²) < 4.78 is 44.6. The van der Waals surface area contributed by atoms with E-state index in [-0.39, 0.29) is 31.6 Å². The Bertz CT molecular complexity index is 575. The van der Waals surface area contributed by atoms with E-state index >= 15 is 0 Å². The van der Waals surface area contributed by atoms with Crippen molar-refractivity contribution in [2.24, 2.45) is 0 Å². The molecule has 0 saturated carbocycles. The molecule has 2 aromatic rings. The van der Waals surface area contributed by atoms with E-state index in [1.807, 2.05) is 0 Å². The van der Waals surface area contributed by atoms with E-state index in [1.165, 1.54) is 10.9 Å². The van der Waals surface area contributed by atoms with Gasteiger partial charge in [0, 0.05) is 24.4 Å². The summed E-state index contributed by atoms with van der Waals surface area (Å²) in [5.74, 6) is 0.587. The lowest BCUT2D eigenvalue weighted by Crippen LogP contribution is -2.10. The summed E-state index contributed by atoms with van der Waals surface area (Å²) in [6.45, 7) is 1.65. The molecule has 0 fully saturated rings. The van der Waals surface area contributed by atoms with Crippen LogP contribution in [0.3, 0.4) is 0 Å². The molecule has 2 heterocycles. The highest BCUT2D eigenvalue weighted by atomic mass is 19.4. The molecule has 0 saturated heterocycles. The third kappa shape index (κ3) is 3.38. The van der Waals surface area contributed by atoms with Crippen LogP contribution in [0.15, 0.2) is 16.8 Å². The number of halogens is 3. The van der Waals surface area contributed by atoms with Crippen molar-refractivity contribution in [1.82, 2.24) is 14.9 Å².